The average Bonchev–Trinajstić information content (AvgIpc) is 2.39. The summed E-state index contributed by atoms with van der Waals surface area (Å²) in [7, 11) is 0. The van der Waals surface area contributed by atoms with Crippen LogP contribution in [0.3, 0.4) is 0 Å². The van der Waals surface area contributed by atoms with Crippen LogP contribution >= 0.6 is 0 Å². The van der Waals surface area contributed by atoms with E-state index in [2.05, 4.69) is 6.92 Å². The van der Waals surface area contributed by atoms with Crippen LogP contribution < -0.4 is 0 Å². The molecule has 0 aliphatic carbocycles. The molecule has 0 saturated carbocycles. The Balaban J connectivity index is 2.73. The normalized spacial score (nSPS) is 12.8. The van der Waals surface area contributed by atoms with Crippen LogP contribution in [-0.4, -0.2) is 16.2 Å². The Bertz CT molecular complexity index is 463. The maximum atomic E-state index is 10.4. The summed E-state index contributed by atoms with van der Waals surface area (Å²) >= 11 is 0. The second-order valence-electron chi connectivity index (χ2n) is 5.13. The lowest BCUT2D eigenvalue weighted by Gasteiger charge is -2.14. The van der Waals surface area contributed by atoms with Gasteiger partial charge in [-0.05, 0) is 37.3 Å². The highest BCUT2D eigenvalue weighted by molar-refractivity contribution is 5.66. The van der Waals surface area contributed by atoms with Crippen LogP contribution in [0.1, 0.15) is 61.8 Å². The van der Waals surface area contributed by atoms with Gasteiger partial charge >= 0.3 is 5.97 Å². The van der Waals surface area contributed by atoms with Gasteiger partial charge in [-0.25, -0.2) is 0 Å². The summed E-state index contributed by atoms with van der Waals surface area (Å²) in [5.74, 6) is -0.757. The number of carboxylic acid groups (broad SMARTS) is 1. The molecular weight excluding hydrogens is 252 g/mol. The van der Waals surface area contributed by atoms with Gasteiger partial charge in [0.2, 0.25) is 0 Å². The van der Waals surface area contributed by atoms with Crippen molar-refractivity contribution in [3.8, 4) is 0 Å². The summed E-state index contributed by atoms with van der Waals surface area (Å²) in [6.07, 6.45) is 6.81. The SMILES string of the molecule is CCCC(O)c1cc(C)ccc1/C=C/CCCC(=O)O. The van der Waals surface area contributed by atoms with Gasteiger partial charge in [-0.2, -0.15) is 0 Å². The number of carboxylic acids is 1. The minimum atomic E-state index is -0.757. The van der Waals surface area contributed by atoms with Gasteiger partial charge in [-0.15, -0.1) is 0 Å². The Kier molecular flexibility index (Phi) is 7.02. The highest BCUT2D eigenvalue weighted by Crippen LogP contribution is 2.24. The minimum Gasteiger partial charge on any atom is -0.481 e. The van der Waals surface area contributed by atoms with Crippen molar-refractivity contribution in [1.29, 1.82) is 0 Å². The molecule has 0 aromatic heterocycles. The molecule has 20 heavy (non-hydrogen) atoms. The number of hydrogen-bond donors (Lipinski definition) is 2. The molecule has 0 aliphatic heterocycles. The predicted octanol–water partition coefficient (Wildman–Crippen LogP) is 4.10. The monoisotopic (exact) mass is 276 g/mol. The van der Waals surface area contributed by atoms with Gasteiger partial charge in [0.1, 0.15) is 0 Å². The van der Waals surface area contributed by atoms with E-state index < -0.39 is 12.1 Å². The summed E-state index contributed by atoms with van der Waals surface area (Å²) in [6.45, 7) is 4.07. The van der Waals surface area contributed by atoms with Crippen LogP contribution in [-0.2, 0) is 4.79 Å². The zero-order valence-electron chi connectivity index (χ0n) is 12.3. The van der Waals surface area contributed by atoms with Gasteiger partial charge in [0.15, 0.2) is 0 Å². The van der Waals surface area contributed by atoms with Gasteiger partial charge in [-0.3, -0.25) is 4.79 Å². The van der Waals surface area contributed by atoms with E-state index in [0.29, 0.717) is 6.42 Å². The highest BCUT2D eigenvalue weighted by atomic mass is 16.4. The van der Waals surface area contributed by atoms with Gasteiger partial charge in [0, 0.05) is 6.42 Å². The Morgan fingerprint density at radius 3 is 2.80 bits per heavy atom. The van der Waals surface area contributed by atoms with Crippen molar-refractivity contribution in [3.63, 3.8) is 0 Å². The van der Waals surface area contributed by atoms with Crippen LogP contribution in [0.5, 0.6) is 0 Å². The third-order valence-electron chi connectivity index (χ3n) is 3.22. The first-order chi connectivity index (χ1) is 9.54. The second-order valence-corrected chi connectivity index (χ2v) is 5.13. The first kappa shape index (κ1) is 16.4. The Morgan fingerprint density at radius 1 is 1.40 bits per heavy atom. The standard InChI is InChI=1S/C17H24O3/c1-3-7-16(18)15-12-13(2)10-11-14(15)8-5-4-6-9-17(19)20/h5,8,10-12,16,18H,3-4,6-7,9H2,1-2H3,(H,19,20)/b8-5+. The molecule has 0 heterocycles. The van der Waals surface area contributed by atoms with Crippen molar-refractivity contribution in [2.75, 3.05) is 0 Å². The van der Waals surface area contributed by atoms with E-state index in [9.17, 15) is 9.90 Å². The molecule has 0 radical (unpaired) electrons. The molecule has 1 aromatic carbocycles. The molecule has 1 unspecified atom stereocenters. The highest BCUT2D eigenvalue weighted by Gasteiger charge is 2.10. The number of benzene rings is 1. The van der Waals surface area contributed by atoms with Gasteiger partial charge in [0.05, 0.1) is 6.10 Å². The van der Waals surface area contributed by atoms with Crippen LogP contribution in [0.15, 0.2) is 24.3 Å². The molecule has 1 rings (SSSR count). The van der Waals surface area contributed by atoms with Crippen LogP contribution in [0, 0.1) is 6.92 Å². The van der Waals surface area contributed by atoms with E-state index in [4.69, 9.17) is 5.11 Å². The Labute approximate surface area is 121 Å². The first-order valence-electron chi connectivity index (χ1n) is 7.21. The second kappa shape index (κ2) is 8.54. The van der Waals surface area contributed by atoms with Crippen LogP contribution in [0.2, 0.25) is 0 Å². The number of aliphatic hydroxyl groups is 1. The predicted molar refractivity (Wildman–Crippen MR) is 81.6 cm³/mol. The van der Waals surface area contributed by atoms with Crippen molar-refractivity contribution < 1.29 is 15.0 Å². The number of aliphatic carboxylic acids is 1. The van der Waals surface area contributed by atoms with E-state index in [0.717, 1.165) is 36.0 Å². The summed E-state index contributed by atoms with van der Waals surface area (Å²) in [5.41, 5.74) is 3.12. The lowest BCUT2D eigenvalue weighted by molar-refractivity contribution is -0.137. The number of carbonyl (C=O) groups is 1. The van der Waals surface area contributed by atoms with Gasteiger partial charge in [0.25, 0.3) is 0 Å². The number of allylic oxidation sites excluding steroid dienone is 1. The maximum absolute atomic E-state index is 10.4. The molecule has 0 spiro atoms. The summed E-state index contributed by atoms with van der Waals surface area (Å²) < 4.78 is 0. The lowest BCUT2D eigenvalue weighted by atomic mass is 9.96. The molecule has 0 saturated heterocycles. The summed E-state index contributed by atoms with van der Waals surface area (Å²) in [5, 5.41) is 18.8. The number of unbranched alkanes of at least 4 members (excludes halogenated alkanes) is 1. The van der Waals surface area contributed by atoms with Crippen molar-refractivity contribution in [2.45, 2.75) is 52.1 Å². The zero-order chi connectivity index (χ0) is 15.0. The van der Waals surface area contributed by atoms with Crippen molar-refractivity contribution in [3.05, 3.63) is 41.0 Å². The fourth-order valence-electron chi connectivity index (χ4n) is 2.14. The topological polar surface area (TPSA) is 57.5 Å². The Hall–Kier alpha value is -1.61. The zero-order valence-corrected chi connectivity index (χ0v) is 12.3. The molecule has 110 valence electrons. The summed E-state index contributed by atoms with van der Waals surface area (Å²) in [6, 6.07) is 6.06. The minimum absolute atomic E-state index is 0.198. The summed E-state index contributed by atoms with van der Waals surface area (Å²) in [4.78, 5) is 10.4. The third-order valence-corrected chi connectivity index (χ3v) is 3.22. The number of aliphatic hydroxyl groups excluding tert-OH is 1. The van der Waals surface area contributed by atoms with Crippen LogP contribution in [0.4, 0.5) is 0 Å². The molecule has 3 heteroatoms. The van der Waals surface area contributed by atoms with E-state index in [1.54, 1.807) is 0 Å². The average molecular weight is 276 g/mol. The van der Waals surface area contributed by atoms with E-state index in [1.807, 2.05) is 37.3 Å². The molecule has 1 aromatic rings. The van der Waals surface area contributed by atoms with Crippen LogP contribution in [0.25, 0.3) is 6.08 Å². The quantitative estimate of drug-likeness (QED) is 0.703. The van der Waals surface area contributed by atoms with E-state index in [1.165, 1.54) is 0 Å². The van der Waals surface area contributed by atoms with E-state index >= 15 is 0 Å². The molecule has 3 nitrogen and oxygen atoms in total. The number of hydrogen-bond acceptors (Lipinski definition) is 2. The molecule has 1 atom stereocenters. The molecule has 0 fully saturated rings. The largest absolute Gasteiger partial charge is 0.481 e. The molecule has 0 aliphatic rings. The number of aryl methyl sites for hydroxylation is 1. The fourth-order valence-corrected chi connectivity index (χ4v) is 2.14. The van der Waals surface area contributed by atoms with Gasteiger partial charge < -0.3 is 10.2 Å². The van der Waals surface area contributed by atoms with Crippen molar-refractivity contribution >= 4 is 12.0 Å². The Morgan fingerprint density at radius 2 is 2.15 bits per heavy atom. The molecular formula is C17H24O3. The first-order valence-corrected chi connectivity index (χ1v) is 7.21. The van der Waals surface area contributed by atoms with Crippen molar-refractivity contribution in [1.82, 2.24) is 0 Å². The van der Waals surface area contributed by atoms with E-state index in [-0.39, 0.29) is 6.42 Å². The smallest absolute Gasteiger partial charge is 0.303 e. The van der Waals surface area contributed by atoms with Crippen molar-refractivity contribution in [2.24, 2.45) is 0 Å². The lowest BCUT2D eigenvalue weighted by Crippen LogP contribution is -2.00. The third kappa shape index (κ3) is 5.57. The molecule has 0 amide bonds. The number of rotatable bonds is 8. The molecule has 0 bridgehead atoms. The fraction of sp³-hybridized carbons (Fsp3) is 0.471. The maximum Gasteiger partial charge on any atom is 0.303 e. The van der Waals surface area contributed by atoms with Gasteiger partial charge in [-0.1, -0.05) is 49.3 Å². The molecule has 2 N–H and O–H groups in total.